The first-order chi connectivity index (χ1) is 8.27. The van der Waals surface area contributed by atoms with E-state index in [0.717, 1.165) is 0 Å². The molecule has 0 bridgehead atoms. The summed E-state index contributed by atoms with van der Waals surface area (Å²) >= 11 is 12.3. The van der Waals surface area contributed by atoms with Gasteiger partial charge in [-0.05, 0) is 40.0 Å². The van der Waals surface area contributed by atoms with Gasteiger partial charge in [-0.1, -0.05) is 29.8 Å². The zero-order chi connectivity index (χ0) is 13.9. The van der Waals surface area contributed by atoms with E-state index in [4.69, 9.17) is 11.6 Å². The highest BCUT2D eigenvalue weighted by molar-refractivity contribution is 9.11. The average molecular weight is 420 g/mol. The van der Waals surface area contributed by atoms with Crippen molar-refractivity contribution in [3.63, 3.8) is 0 Å². The molecule has 1 aromatic carbocycles. The maximum atomic E-state index is 12.3. The lowest BCUT2D eigenvalue weighted by atomic mass is 10.1. The molecule has 0 radical (unpaired) electrons. The van der Waals surface area contributed by atoms with E-state index < -0.39 is 10.0 Å². The van der Waals surface area contributed by atoms with E-state index in [1.165, 1.54) is 0 Å². The number of hydrogen-bond acceptors (Lipinski definition) is 2. The van der Waals surface area contributed by atoms with E-state index in [9.17, 15) is 8.42 Å². The van der Waals surface area contributed by atoms with E-state index >= 15 is 0 Å². The lowest BCUT2D eigenvalue weighted by Gasteiger charge is -2.20. The van der Waals surface area contributed by atoms with Gasteiger partial charge < -0.3 is 0 Å². The predicted octanol–water partition coefficient (Wildman–Crippen LogP) is 3.75. The fourth-order valence-corrected chi connectivity index (χ4v) is 4.70. The van der Waals surface area contributed by atoms with Crippen molar-refractivity contribution in [2.24, 2.45) is 5.92 Å². The third-order valence-electron chi connectivity index (χ3n) is 2.46. The summed E-state index contributed by atoms with van der Waals surface area (Å²) in [6.45, 7) is 3.84. The van der Waals surface area contributed by atoms with Gasteiger partial charge in [0.25, 0.3) is 0 Å². The summed E-state index contributed by atoms with van der Waals surface area (Å²) in [5.41, 5.74) is 0. The first kappa shape index (κ1) is 16.4. The molecule has 0 aliphatic carbocycles. The van der Waals surface area contributed by atoms with Crippen molar-refractivity contribution in [2.75, 3.05) is 5.88 Å². The van der Waals surface area contributed by atoms with Gasteiger partial charge in [-0.15, -0.1) is 11.6 Å². The van der Waals surface area contributed by atoms with Gasteiger partial charge >= 0.3 is 0 Å². The molecule has 1 atom stereocenters. The van der Waals surface area contributed by atoms with Gasteiger partial charge in [-0.25, -0.2) is 13.1 Å². The van der Waals surface area contributed by atoms with Crippen LogP contribution < -0.4 is 4.72 Å². The molecule has 0 aromatic heterocycles. The van der Waals surface area contributed by atoms with Crippen molar-refractivity contribution in [3.8, 4) is 0 Å². The summed E-state index contributed by atoms with van der Waals surface area (Å²) in [5, 5.41) is 0. The van der Waals surface area contributed by atoms with Gasteiger partial charge in [-0.2, -0.15) is 0 Å². The SMILES string of the molecule is CC(C)C(CCl)NS(=O)(=O)c1cc(Br)ccc1Br. The van der Waals surface area contributed by atoms with Gasteiger partial charge in [-0.3, -0.25) is 0 Å². The number of nitrogens with one attached hydrogen (secondary N) is 1. The van der Waals surface area contributed by atoms with E-state index in [2.05, 4.69) is 36.6 Å². The van der Waals surface area contributed by atoms with E-state index in [-0.39, 0.29) is 22.7 Å². The number of sulfonamides is 1. The molecule has 18 heavy (non-hydrogen) atoms. The molecule has 0 amide bonds. The van der Waals surface area contributed by atoms with Crippen molar-refractivity contribution in [3.05, 3.63) is 27.1 Å². The molecule has 7 heteroatoms. The predicted molar refractivity (Wildman–Crippen MR) is 81.5 cm³/mol. The zero-order valence-electron chi connectivity index (χ0n) is 9.95. The van der Waals surface area contributed by atoms with Crippen LogP contribution in [0.3, 0.4) is 0 Å². The van der Waals surface area contributed by atoms with Gasteiger partial charge in [0.05, 0.1) is 4.90 Å². The Labute approximate surface area is 130 Å². The van der Waals surface area contributed by atoms with Crippen molar-refractivity contribution < 1.29 is 8.42 Å². The van der Waals surface area contributed by atoms with Crippen LogP contribution in [0.25, 0.3) is 0 Å². The molecule has 1 aromatic rings. The summed E-state index contributed by atoms with van der Waals surface area (Å²) in [6.07, 6.45) is 0. The Hall–Kier alpha value is 0.380. The normalized spacial score (nSPS) is 13.9. The Morgan fingerprint density at radius 2 is 1.94 bits per heavy atom. The van der Waals surface area contributed by atoms with Crippen LogP contribution in [0.1, 0.15) is 13.8 Å². The van der Waals surface area contributed by atoms with Gasteiger partial charge in [0.2, 0.25) is 10.0 Å². The smallest absolute Gasteiger partial charge is 0.207 e. The standard InChI is InChI=1S/C11H14Br2ClNO2S/c1-7(2)10(6-14)15-18(16,17)11-5-8(12)3-4-9(11)13/h3-5,7,10,15H,6H2,1-2H3. The van der Waals surface area contributed by atoms with Crippen LogP contribution >= 0.6 is 43.5 Å². The summed E-state index contributed by atoms with van der Waals surface area (Å²) in [7, 11) is -3.58. The maximum Gasteiger partial charge on any atom is 0.242 e. The highest BCUT2D eigenvalue weighted by atomic mass is 79.9. The second kappa shape index (κ2) is 6.70. The number of halogens is 3. The summed E-state index contributed by atoms with van der Waals surface area (Å²) in [5.74, 6) is 0.367. The van der Waals surface area contributed by atoms with Crippen LogP contribution in [-0.2, 0) is 10.0 Å². The molecule has 0 fully saturated rings. The molecule has 102 valence electrons. The van der Waals surface area contributed by atoms with Crippen LogP contribution in [0, 0.1) is 5.92 Å². The summed E-state index contributed by atoms with van der Waals surface area (Å²) in [4.78, 5) is 0.202. The number of benzene rings is 1. The van der Waals surface area contributed by atoms with E-state index in [0.29, 0.717) is 8.95 Å². The Balaban J connectivity index is 3.10. The lowest BCUT2D eigenvalue weighted by molar-refractivity contribution is 0.480. The fraction of sp³-hybridized carbons (Fsp3) is 0.455. The Kier molecular flexibility index (Phi) is 6.12. The Morgan fingerprint density at radius 3 is 2.44 bits per heavy atom. The van der Waals surface area contributed by atoms with Crippen LogP contribution in [-0.4, -0.2) is 20.3 Å². The fourth-order valence-electron chi connectivity index (χ4n) is 1.29. The minimum absolute atomic E-state index is 0.128. The zero-order valence-corrected chi connectivity index (χ0v) is 14.7. The average Bonchev–Trinajstić information content (AvgIpc) is 2.28. The Morgan fingerprint density at radius 1 is 1.33 bits per heavy atom. The van der Waals surface area contributed by atoms with Gasteiger partial charge in [0.1, 0.15) is 0 Å². The molecule has 1 rings (SSSR count). The van der Waals surface area contributed by atoms with Crippen LogP contribution in [0.15, 0.2) is 32.0 Å². The van der Waals surface area contributed by atoms with Crippen LogP contribution in [0.5, 0.6) is 0 Å². The highest BCUT2D eigenvalue weighted by Gasteiger charge is 2.23. The molecule has 0 aliphatic heterocycles. The van der Waals surface area contributed by atoms with Crippen molar-refractivity contribution >= 4 is 53.5 Å². The van der Waals surface area contributed by atoms with E-state index in [1.54, 1.807) is 18.2 Å². The monoisotopic (exact) mass is 417 g/mol. The molecule has 3 nitrogen and oxygen atoms in total. The van der Waals surface area contributed by atoms with Crippen LogP contribution in [0.4, 0.5) is 0 Å². The molecule has 1 unspecified atom stereocenters. The molecule has 0 saturated heterocycles. The molecule has 0 aliphatic rings. The molecular weight excluding hydrogens is 405 g/mol. The largest absolute Gasteiger partial charge is 0.242 e. The second-order valence-electron chi connectivity index (χ2n) is 4.20. The molecular formula is C11H14Br2ClNO2S. The minimum Gasteiger partial charge on any atom is -0.207 e. The summed E-state index contributed by atoms with van der Waals surface area (Å²) in [6, 6.07) is 4.72. The third kappa shape index (κ3) is 4.20. The number of alkyl halides is 1. The first-order valence-corrected chi connectivity index (χ1v) is 8.91. The minimum atomic E-state index is -3.58. The molecule has 0 heterocycles. The van der Waals surface area contributed by atoms with Crippen molar-refractivity contribution in [1.82, 2.24) is 4.72 Å². The van der Waals surface area contributed by atoms with E-state index in [1.807, 2.05) is 13.8 Å². The van der Waals surface area contributed by atoms with Gasteiger partial charge in [0, 0.05) is 20.9 Å². The Bertz CT molecular complexity index is 520. The molecule has 0 saturated carbocycles. The number of rotatable bonds is 5. The number of hydrogen-bond donors (Lipinski definition) is 1. The lowest BCUT2D eigenvalue weighted by Crippen LogP contribution is -2.39. The first-order valence-electron chi connectivity index (χ1n) is 5.31. The highest BCUT2D eigenvalue weighted by Crippen LogP contribution is 2.26. The maximum absolute atomic E-state index is 12.3. The quantitative estimate of drug-likeness (QED) is 0.739. The molecule has 0 spiro atoms. The summed E-state index contributed by atoms with van der Waals surface area (Å²) < 4.78 is 28.4. The molecule has 1 N–H and O–H groups in total. The van der Waals surface area contributed by atoms with Crippen molar-refractivity contribution in [2.45, 2.75) is 24.8 Å². The third-order valence-corrected chi connectivity index (χ3v) is 5.77. The second-order valence-corrected chi connectivity index (χ2v) is 7.96. The van der Waals surface area contributed by atoms with Crippen molar-refractivity contribution in [1.29, 1.82) is 0 Å². The topological polar surface area (TPSA) is 46.2 Å². The van der Waals surface area contributed by atoms with Crippen LogP contribution in [0.2, 0.25) is 0 Å². The van der Waals surface area contributed by atoms with Gasteiger partial charge in [0.15, 0.2) is 0 Å².